The van der Waals surface area contributed by atoms with E-state index < -0.39 is 16.4 Å². The van der Waals surface area contributed by atoms with Gasteiger partial charge in [0.05, 0.1) is 6.61 Å². The van der Waals surface area contributed by atoms with Gasteiger partial charge in [0, 0.05) is 27.2 Å². The minimum atomic E-state index is -4.80. The molecular formula is C36H55NaO6S2. The third kappa shape index (κ3) is 13.6. The van der Waals surface area contributed by atoms with Crippen molar-refractivity contribution in [3.63, 3.8) is 0 Å². The first-order chi connectivity index (χ1) is 19.6. The molecule has 9 heteroatoms. The van der Waals surface area contributed by atoms with Crippen LogP contribution in [0.2, 0.25) is 0 Å². The molecule has 0 atom stereocenters. The maximum Gasteiger partial charge on any atom is 1.00 e. The van der Waals surface area contributed by atoms with Crippen molar-refractivity contribution in [2.24, 2.45) is 0 Å². The number of thioether (sulfide) groups is 1. The van der Waals surface area contributed by atoms with Crippen LogP contribution in [0.5, 0.6) is 5.75 Å². The van der Waals surface area contributed by atoms with Gasteiger partial charge in [-0.3, -0.25) is 8.98 Å². The van der Waals surface area contributed by atoms with Crippen LogP contribution in [0.15, 0.2) is 35.2 Å². The van der Waals surface area contributed by atoms with Gasteiger partial charge in [0.2, 0.25) is 10.4 Å². The molecule has 0 spiro atoms. The third-order valence-corrected chi connectivity index (χ3v) is 9.02. The quantitative estimate of drug-likeness (QED) is 0.0569. The molecule has 0 aromatic heterocycles. The van der Waals surface area contributed by atoms with E-state index >= 15 is 0 Å². The van der Waals surface area contributed by atoms with Crippen LogP contribution in [0.25, 0.3) is 0 Å². The van der Waals surface area contributed by atoms with Crippen molar-refractivity contribution in [1.29, 1.82) is 0 Å². The van der Waals surface area contributed by atoms with E-state index in [4.69, 9.17) is 4.74 Å². The molecule has 2 rings (SSSR count). The van der Waals surface area contributed by atoms with Crippen LogP contribution in [0.1, 0.15) is 138 Å². The Labute approximate surface area is 300 Å². The van der Waals surface area contributed by atoms with Crippen LogP contribution >= 0.6 is 11.8 Å². The van der Waals surface area contributed by atoms with E-state index in [2.05, 4.69) is 131 Å². The Morgan fingerprint density at radius 1 is 0.733 bits per heavy atom. The fraction of sp³-hybridized carbons (Fsp3) is 0.639. The summed E-state index contributed by atoms with van der Waals surface area (Å²) < 4.78 is 42.3. The smallest absolute Gasteiger partial charge is 0.726 e. The Kier molecular flexibility index (Phi) is 14.2. The van der Waals surface area contributed by atoms with E-state index in [9.17, 15) is 17.8 Å². The predicted molar refractivity (Wildman–Crippen MR) is 182 cm³/mol. The Morgan fingerprint density at radius 3 is 1.56 bits per heavy atom. The largest absolute Gasteiger partial charge is 1.00 e. The number of rotatable bonds is 10. The molecule has 0 amide bonds. The van der Waals surface area contributed by atoms with Gasteiger partial charge in [-0.05, 0) is 63.3 Å². The molecule has 0 aliphatic carbocycles. The van der Waals surface area contributed by atoms with Crippen molar-refractivity contribution in [2.75, 3.05) is 6.61 Å². The SMILES string of the molecule is CC(C)(Cc1cc(C(C)(C)C)cc(C(C)(C)C)c1)Sc1cc(C(C)(C)C)c(OC(=O)CCCOS(=O)(=O)[O-])c(C(C)(C)C)c1.[Na+]. The van der Waals surface area contributed by atoms with Crippen LogP contribution in [0.3, 0.4) is 0 Å². The van der Waals surface area contributed by atoms with Crippen molar-refractivity contribution in [3.05, 3.63) is 58.1 Å². The van der Waals surface area contributed by atoms with Crippen molar-refractivity contribution >= 4 is 28.1 Å². The number of carbonyl (C=O) groups excluding carboxylic acids is 1. The topological polar surface area (TPSA) is 92.7 Å². The Bertz CT molecular complexity index is 1370. The molecule has 0 bridgehead atoms. The summed E-state index contributed by atoms with van der Waals surface area (Å²) in [6.45, 7) is 30.4. The summed E-state index contributed by atoms with van der Waals surface area (Å²) in [5.74, 6) is 0.0456. The molecule has 0 saturated carbocycles. The van der Waals surface area contributed by atoms with Gasteiger partial charge in [0.25, 0.3) is 0 Å². The van der Waals surface area contributed by atoms with Crippen LogP contribution in [0, 0.1) is 0 Å². The number of ether oxygens (including phenoxy) is 1. The van der Waals surface area contributed by atoms with Crippen LogP contribution < -0.4 is 34.3 Å². The van der Waals surface area contributed by atoms with Crippen LogP contribution in [-0.4, -0.2) is 30.3 Å². The molecule has 0 saturated heterocycles. The zero-order valence-corrected chi connectivity index (χ0v) is 34.1. The van der Waals surface area contributed by atoms with E-state index in [1.807, 2.05) is 11.8 Å². The average molecular weight is 671 g/mol. The minimum absolute atomic E-state index is 0. The molecule has 2 aromatic carbocycles. The predicted octanol–water partition coefficient (Wildman–Crippen LogP) is 6.16. The summed E-state index contributed by atoms with van der Waals surface area (Å²) in [5.41, 5.74) is 5.33. The second-order valence-corrected chi connectivity index (χ2v) is 19.4. The average Bonchev–Trinajstić information content (AvgIpc) is 2.78. The van der Waals surface area contributed by atoms with Gasteiger partial charge < -0.3 is 9.29 Å². The molecule has 2 aromatic rings. The number of carbonyl (C=O) groups is 1. The molecule has 0 fully saturated rings. The van der Waals surface area contributed by atoms with E-state index in [0.29, 0.717) is 5.75 Å². The summed E-state index contributed by atoms with van der Waals surface area (Å²) in [4.78, 5) is 14.0. The second-order valence-electron chi connectivity index (χ2n) is 16.6. The van der Waals surface area contributed by atoms with Gasteiger partial charge in [-0.15, -0.1) is 11.8 Å². The van der Waals surface area contributed by atoms with E-state index in [0.717, 1.165) is 22.4 Å². The number of hydrogen-bond donors (Lipinski definition) is 0. The molecule has 248 valence electrons. The standard InChI is InChI=1S/C36H56O6S2.Na/c1-32(2,3)25-18-24(19-26(20-25)33(4,5)6)23-36(13,14)43-27-21-28(34(7,8)9)31(29(22-27)35(10,11)12)42-30(37)16-15-17-41-44(38,39)40;/h18-22H,15-17,23H2,1-14H3,(H,38,39,40);/q;+1/p-1. The summed E-state index contributed by atoms with van der Waals surface area (Å²) in [6, 6.07) is 11.4. The van der Waals surface area contributed by atoms with E-state index in [-0.39, 0.29) is 75.4 Å². The van der Waals surface area contributed by atoms with Gasteiger partial charge in [-0.25, -0.2) is 8.42 Å². The van der Waals surface area contributed by atoms with E-state index in [1.165, 1.54) is 16.7 Å². The van der Waals surface area contributed by atoms with Crippen LogP contribution in [-0.2, 0) is 47.5 Å². The first kappa shape index (κ1) is 42.2. The summed E-state index contributed by atoms with van der Waals surface area (Å²) >= 11 is 1.83. The molecular weight excluding hydrogens is 616 g/mol. The molecule has 6 nitrogen and oxygen atoms in total. The number of hydrogen-bond acceptors (Lipinski definition) is 7. The molecule has 0 N–H and O–H groups in total. The number of esters is 1. The van der Waals surface area contributed by atoms with Gasteiger partial charge in [0.15, 0.2) is 0 Å². The third-order valence-electron chi connectivity index (χ3n) is 7.40. The first-order valence-electron chi connectivity index (χ1n) is 15.4. The molecule has 0 radical (unpaired) electrons. The maximum atomic E-state index is 12.9. The summed E-state index contributed by atoms with van der Waals surface area (Å²) in [5, 5.41) is 0. The van der Waals surface area contributed by atoms with Gasteiger partial charge in [-0.2, -0.15) is 0 Å². The molecule has 0 heterocycles. The molecule has 45 heavy (non-hydrogen) atoms. The van der Waals surface area contributed by atoms with Gasteiger partial charge in [0.1, 0.15) is 5.75 Å². The van der Waals surface area contributed by atoms with Crippen molar-refractivity contribution < 1.29 is 56.2 Å². The maximum absolute atomic E-state index is 12.9. The zero-order valence-electron chi connectivity index (χ0n) is 30.5. The second kappa shape index (κ2) is 15.1. The summed E-state index contributed by atoms with van der Waals surface area (Å²) in [7, 11) is -4.80. The molecule has 0 aliphatic rings. The minimum Gasteiger partial charge on any atom is -0.726 e. The zero-order chi connectivity index (χ0) is 34.1. The Balaban J connectivity index is 0.0000101. The molecule has 0 unspecified atom stereocenters. The monoisotopic (exact) mass is 670 g/mol. The number of benzene rings is 2. The van der Waals surface area contributed by atoms with Crippen molar-refractivity contribution in [3.8, 4) is 5.75 Å². The fourth-order valence-corrected chi connectivity index (χ4v) is 6.49. The van der Waals surface area contributed by atoms with Gasteiger partial charge in [-0.1, -0.05) is 115 Å². The first-order valence-corrected chi connectivity index (χ1v) is 17.6. The van der Waals surface area contributed by atoms with Crippen molar-refractivity contribution in [1.82, 2.24) is 0 Å². The fourth-order valence-electron chi connectivity index (χ4n) is 4.93. The normalized spacial score (nSPS) is 13.4. The van der Waals surface area contributed by atoms with Crippen molar-refractivity contribution in [2.45, 2.75) is 147 Å². The Hall–Kier alpha value is -0.870. The van der Waals surface area contributed by atoms with Crippen LogP contribution in [0.4, 0.5) is 0 Å². The van der Waals surface area contributed by atoms with E-state index in [1.54, 1.807) is 0 Å². The molecule has 0 aliphatic heterocycles. The Morgan fingerprint density at radius 2 is 1.18 bits per heavy atom. The van der Waals surface area contributed by atoms with Gasteiger partial charge >= 0.3 is 35.5 Å². The summed E-state index contributed by atoms with van der Waals surface area (Å²) in [6.07, 6.45) is 0.875.